The van der Waals surface area contributed by atoms with E-state index in [0.717, 1.165) is 30.5 Å². The second-order valence-electron chi connectivity index (χ2n) is 5.77. The lowest BCUT2D eigenvalue weighted by molar-refractivity contribution is 0.181. The standard InChI is InChI=1S/C15H29N3OS/c1-7-18(9-11(2)3)15-17-13(10-19-6)14(20-15)8-16-12(4)5/h11-12,16H,7-10H2,1-6H3. The van der Waals surface area contributed by atoms with E-state index in [1.165, 1.54) is 4.88 Å². The van der Waals surface area contributed by atoms with Crippen LogP contribution in [0.5, 0.6) is 0 Å². The molecular weight excluding hydrogens is 270 g/mol. The van der Waals surface area contributed by atoms with E-state index in [1.54, 1.807) is 18.4 Å². The van der Waals surface area contributed by atoms with Gasteiger partial charge in [-0.1, -0.05) is 27.7 Å². The highest BCUT2D eigenvalue weighted by molar-refractivity contribution is 7.15. The molecule has 20 heavy (non-hydrogen) atoms. The quantitative estimate of drug-likeness (QED) is 0.759. The molecule has 0 aliphatic heterocycles. The molecule has 1 heterocycles. The number of aromatic nitrogens is 1. The first-order valence-electron chi connectivity index (χ1n) is 7.43. The van der Waals surface area contributed by atoms with Crippen molar-refractivity contribution in [2.24, 2.45) is 5.92 Å². The van der Waals surface area contributed by atoms with Crippen molar-refractivity contribution >= 4 is 16.5 Å². The number of rotatable bonds is 9. The van der Waals surface area contributed by atoms with Gasteiger partial charge in [0.05, 0.1) is 12.3 Å². The van der Waals surface area contributed by atoms with Crippen LogP contribution in [-0.4, -0.2) is 31.2 Å². The molecule has 0 radical (unpaired) electrons. The Morgan fingerprint density at radius 2 is 2.00 bits per heavy atom. The van der Waals surface area contributed by atoms with Crippen molar-refractivity contribution in [1.82, 2.24) is 10.3 Å². The van der Waals surface area contributed by atoms with Crippen molar-refractivity contribution in [2.45, 2.75) is 53.8 Å². The van der Waals surface area contributed by atoms with E-state index in [-0.39, 0.29) is 0 Å². The molecule has 1 N–H and O–H groups in total. The summed E-state index contributed by atoms with van der Waals surface area (Å²) in [6.07, 6.45) is 0. The van der Waals surface area contributed by atoms with Crippen molar-refractivity contribution in [2.75, 3.05) is 25.1 Å². The van der Waals surface area contributed by atoms with E-state index in [4.69, 9.17) is 9.72 Å². The Balaban J connectivity index is 2.88. The minimum Gasteiger partial charge on any atom is -0.378 e. The summed E-state index contributed by atoms with van der Waals surface area (Å²) < 4.78 is 5.28. The van der Waals surface area contributed by atoms with Crippen LogP contribution in [0.25, 0.3) is 0 Å². The van der Waals surface area contributed by atoms with Gasteiger partial charge in [0, 0.05) is 37.7 Å². The van der Waals surface area contributed by atoms with Gasteiger partial charge < -0.3 is 15.0 Å². The summed E-state index contributed by atoms with van der Waals surface area (Å²) in [7, 11) is 1.73. The van der Waals surface area contributed by atoms with Crippen LogP contribution in [0.3, 0.4) is 0 Å². The van der Waals surface area contributed by atoms with Gasteiger partial charge in [-0.15, -0.1) is 11.3 Å². The molecule has 0 unspecified atom stereocenters. The van der Waals surface area contributed by atoms with Crippen LogP contribution < -0.4 is 10.2 Å². The van der Waals surface area contributed by atoms with Gasteiger partial charge in [-0.25, -0.2) is 4.98 Å². The van der Waals surface area contributed by atoms with Crippen LogP contribution in [-0.2, 0) is 17.9 Å². The molecule has 0 saturated heterocycles. The number of ether oxygens (including phenoxy) is 1. The maximum absolute atomic E-state index is 5.28. The highest BCUT2D eigenvalue weighted by Crippen LogP contribution is 2.27. The van der Waals surface area contributed by atoms with Crippen LogP contribution in [0.1, 0.15) is 45.2 Å². The number of nitrogens with zero attached hydrogens (tertiary/aromatic N) is 2. The molecule has 0 atom stereocenters. The van der Waals surface area contributed by atoms with E-state index in [9.17, 15) is 0 Å². The molecule has 1 aromatic rings. The molecule has 5 heteroatoms. The first-order chi connectivity index (χ1) is 9.47. The summed E-state index contributed by atoms with van der Waals surface area (Å²) in [5.74, 6) is 0.641. The molecule has 0 aliphatic rings. The van der Waals surface area contributed by atoms with Crippen molar-refractivity contribution in [3.8, 4) is 0 Å². The Morgan fingerprint density at radius 3 is 2.50 bits per heavy atom. The predicted molar refractivity (Wildman–Crippen MR) is 87.5 cm³/mol. The Kier molecular flexibility index (Phi) is 7.48. The Hall–Kier alpha value is -0.650. The van der Waals surface area contributed by atoms with Gasteiger partial charge in [0.1, 0.15) is 0 Å². The number of nitrogens with one attached hydrogen (secondary N) is 1. The van der Waals surface area contributed by atoms with Gasteiger partial charge in [-0.2, -0.15) is 0 Å². The fourth-order valence-corrected chi connectivity index (χ4v) is 3.06. The monoisotopic (exact) mass is 299 g/mol. The summed E-state index contributed by atoms with van der Waals surface area (Å²) in [4.78, 5) is 8.43. The van der Waals surface area contributed by atoms with E-state index in [2.05, 4.69) is 44.8 Å². The van der Waals surface area contributed by atoms with Gasteiger partial charge in [0.2, 0.25) is 0 Å². The zero-order chi connectivity index (χ0) is 15.1. The number of anilines is 1. The Bertz CT molecular complexity index is 390. The van der Waals surface area contributed by atoms with Crippen molar-refractivity contribution < 1.29 is 4.74 Å². The summed E-state index contributed by atoms with van der Waals surface area (Å²) in [6.45, 7) is 14.5. The molecule has 0 bridgehead atoms. The van der Waals surface area contributed by atoms with Gasteiger partial charge in [-0.05, 0) is 12.8 Å². The lowest BCUT2D eigenvalue weighted by atomic mass is 10.2. The fourth-order valence-electron chi connectivity index (χ4n) is 1.97. The van der Waals surface area contributed by atoms with E-state index in [0.29, 0.717) is 18.6 Å². The topological polar surface area (TPSA) is 37.4 Å². The zero-order valence-corrected chi connectivity index (χ0v) is 14.5. The van der Waals surface area contributed by atoms with Gasteiger partial charge in [-0.3, -0.25) is 0 Å². The van der Waals surface area contributed by atoms with Crippen LogP contribution in [0, 0.1) is 5.92 Å². The normalized spacial score (nSPS) is 11.6. The molecule has 1 aromatic heterocycles. The van der Waals surface area contributed by atoms with E-state index in [1.807, 2.05) is 0 Å². The Morgan fingerprint density at radius 1 is 1.30 bits per heavy atom. The lowest BCUT2D eigenvalue weighted by Gasteiger charge is -2.21. The molecule has 0 aliphatic carbocycles. The van der Waals surface area contributed by atoms with E-state index < -0.39 is 0 Å². The van der Waals surface area contributed by atoms with Crippen molar-refractivity contribution in [3.63, 3.8) is 0 Å². The summed E-state index contributed by atoms with van der Waals surface area (Å²) in [5, 5.41) is 4.59. The number of hydrogen-bond donors (Lipinski definition) is 1. The second-order valence-corrected chi connectivity index (χ2v) is 6.83. The largest absolute Gasteiger partial charge is 0.378 e. The molecule has 1 rings (SSSR count). The molecule has 4 nitrogen and oxygen atoms in total. The molecule has 116 valence electrons. The zero-order valence-electron chi connectivity index (χ0n) is 13.7. The molecule has 0 aromatic carbocycles. The highest BCUT2D eigenvalue weighted by Gasteiger charge is 2.16. The third-order valence-electron chi connectivity index (χ3n) is 2.96. The van der Waals surface area contributed by atoms with Crippen molar-refractivity contribution in [1.29, 1.82) is 0 Å². The molecular formula is C15H29N3OS. The van der Waals surface area contributed by atoms with Crippen LogP contribution >= 0.6 is 11.3 Å². The van der Waals surface area contributed by atoms with E-state index >= 15 is 0 Å². The molecule has 0 saturated carbocycles. The minimum atomic E-state index is 0.480. The average Bonchev–Trinajstić information content (AvgIpc) is 2.77. The first kappa shape index (κ1) is 17.4. The minimum absolute atomic E-state index is 0.480. The highest BCUT2D eigenvalue weighted by atomic mass is 32.1. The second kappa shape index (κ2) is 8.60. The third-order valence-corrected chi connectivity index (χ3v) is 4.12. The Labute approximate surface area is 127 Å². The molecule has 0 spiro atoms. The smallest absolute Gasteiger partial charge is 0.185 e. The predicted octanol–water partition coefficient (Wildman–Crippen LogP) is 3.27. The van der Waals surface area contributed by atoms with Crippen LogP contribution in [0.15, 0.2) is 0 Å². The number of methoxy groups -OCH3 is 1. The first-order valence-corrected chi connectivity index (χ1v) is 8.25. The van der Waals surface area contributed by atoms with Crippen molar-refractivity contribution in [3.05, 3.63) is 10.6 Å². The average molecular weight is 299 g/mol. The summed E-state index contributed by atoms with van der Waals surface area (Å²) >= 11 is 1.79. The maximum Gasteiger partial charge on any atom is 0.185 e. The number of thiazole rings is 1. The third kappa shape index (κ3) is 5.38. The van der Waals surface area contributed by atoms with Gasteiger partial charge in [0.25, 0.3) is 0 Å². The van der Waals surface area contributed by atoms with Crippen LogP contribution in [0.2, 0.25) is 0 Å². The molecule has 0 amide bonds. The molecule has 0 fully saturated rings. The summed E-state index contributed by atoms with van der Waals surface area (Å²) in [5.41, 5.74) is 1.07. The number of hydrogen-bond acceptors (Lipinski definition) is 5. The SMILES string of the molecule is CCN(CC(C)C)c1nc(COC)c(CNC(C)C)s1. The van der Waals surface area contributed by atoms with Gasteiger partial charge >= 0.3 is 0 Å². The fraction of sp³-hybridized carbons (Fsp3) is 0.800. The van der Waals surface area contributed by atoms with Gasteiger partial charge in [0.15, 0.2) is 5.13 Å². The summed E-state index contributed by atoms with van der Waals surface area (Å²) in [6, 6.07) is 0.480. The lowest BCUT2D eigenvalue weighted by Crippen LogP contribution is -2.27. The maximum atomic E-state index is 5.28. The van der Waals surface area contributed by atoms with Crippen LogP contribution in [0.4, 0.5) is 5.13 Å².